The average Bonchev–Trinajstić information content (AvgIpc) is 1.59. The van der Waals surface area contributed by atoms with E-state index in [0.29, 0.717) is 0 Å². The summed E-state index contributed by atoms with van der Waals surface area (Å²) in [5, 5.41) is 0. The summed E-state index contributed by atoms with van der Waals surface area (Å²) < 4.78 is 5.54. The Hall–Kier alpha value is -0.503. The van der Waals surface area contributed by atoms with Crippen LogP contribution in [0.1, 0.15) is 6.92 Å². The Morgan fingerprint density at radius 3 is 2.20 bits per heavy atom. The van der Waals surface area contributed by atoms with Crippen LogP contribution in [0, 0.1) is 0 Å². The van der Waals surface area contributed by atoms with Crippen LogP contribution in [0.2, 0.25) is 19.6 Å². The van der Waals surface area contributed by atoms with Crippen LogP contribution in [0.5, 0.6) is 0 Å². The zero-order chi connectivity index (χ0) is 8.20. The molecule has 58 valence electrons. The van der Waals surface area contributed by atoms with Gasteiger partial charge in [-0.3, -0.25) is 0 Å². The second-order valence-corrected chi connectivity index (χ2v) is 7.61. The van der Waals surface area contributed by atoms with Gasteiger partial charge in [0.2, 0.25) is 8.32 Å². The predicted molar refractivity (Wildman–Crippen MR) is 48.4 cm³/mol. The highest BCUT2D eigenvalue weighted by atomic mass is 28.4. The maximum Gasteiger partial charge on any atom is 0.242 e. The monoisotopic (exact) mass is 156 g/mol. The Morgan fingerprint density at radius 1 is 1.40 bits per heavy atom. The molecule has 0 heterocycles. The minimum absolute atomic E-state index is 0.779. The Bertz CT molecular complexity index is 142. The van der Waals surface area contributed by atoms with Gasteiger partial charge in [-0.1, -0.05) is 12.7 Å². The van der Waals surface area contributed by atoms with Crippen LogP contribution in [0.25, 0.3) is 0 Å². The summed E-state index contributed by atoms with van der Waals surface area (Å²) in [7, 11) is -1.41. The summed E-state index contributed by atoms with van der Waals surface area (Å²) in [6, 6.07) is 0. The van der Waals surface area contributed by atoms with Gasteiger partial charge in [-0.15, -0.1) is 0 Å². The van der Waals surface area contributed by atoms with Crippen LogP contribution >= 0.6 is 0 Å². The van der Waals surface area contributed by atoms with Crippen LogP contribution in [0.15, 0.2) is 24.5 Å². The minimum Gasteiger partial charge on any atom is -0.545 e. The highest BCUT2D eigenvalue weighted by Gasteiger charge is 2.15. The first-order valence-electron chi connectivity index (χ1n) is 3.46. The molecule has 0 atom stereocenters. The van der Waals surface area contributed by atoms with Crippen LogP contribution in [0.3, 0.4) is 0 Å². The molecule has 0 rings (SSSR count). The fourth-order valence-corrected chi connectivity index (χ4v) is 1.47. The van der Waals surface area contributed by atoms with Gasteiger partial charge in [0, 0.05) is 0 Å². The van der Waals surface area contributed by atoms with E-state index in [1.54, 1.807) is 0 Å². The second-order valence-electron chi connectivity index (χ2n) is 3.18. The van der Waals surface area contributed by atoms with Crippen molar-refractivity contribution in [2.45, 2.75) is 26.6 Å². The van der Waals surface area contributed by atoms with E-state index < -0.39 is 8.32 Å². The van der Waals surface area contributed by atoms with Crippen LogP contribution in [0.4, 0.5) is 0 Å². The van der Waals surface area contributed by atoms with Crippen molar-refractivity contribution in [1.29, 1.82) is 0 Å². The van der Waals surface area contributed by atoms with Gasteiger partial charge >= 0.3 is 0 Å². The first kappa shape index (κ1) is 9.50. The van der Waals surface area contributed by atoms with E-state index in [0.717, 1.165) is 5.76 Å². The fourth-order valence-electron chi connectivity index (χ4n) is 0.613. The van der Waals surface area contributed by atoms with Gasteiger partial charge in [-0.2, -0.15) is 0 Å². The summed E-state index contributed by atoms with van der Waals surface area (Å²) in [5.41, 5.74) is 0. The number of rotatable bonds is 3. The molecule has 0 unspecified atom stereocenters. The normalized spacial score (nSPS) is 12.0. The molecule has 0 radical (unpaired) electrons. The Labute approximate surface area is 64.5 Å². The molecular weight excluding hydrogens is 140 g/mol. The first-order valence-corrected chi connectivity index (χ1v) is 6.87. The molecule has 0 bridgehead atoms. The molecule has 0 saturated carbocycles. The van der Waals surface area contributed by atoms with Crippen molar-refractivity contribution in [3.05, 3.63) is 24.5 Å². The number of hydrogen-bond acceptors (Lipinski definition) is 1. The molecule has 2 heteroatoms. The van der Waals surface area contributed by atoms with Gasteiger partial charge in [0.25, 0.3) is 0 Å². The van der Waals surface area contributed by atoms with Crippen molar-refractivity contribution in [3.63, 3.8) is 0 Å². The van der Waals surface area contributed by atoms with Crippen LogP contribution in [-0.2, 0) is 4.43 Å². The van der Waals surface area contributed by atoms with Crippen LogP contribution in [-0.4, -0.2) is 8.32 Å². The molecular formula is C8H16OSi. The van der Waals surface area contributed by atoms with Gasteiger partial charge < -0.3 is 4.43 Å². The van der Waals surface area contributed by atoms with E-state index in [1.807, 2.05) is 19.1 Å². The maximum absolute atomic E-state index is 5.54. The van der Waals surface area contributed by atoms with Crippen molar-refractivity contribution in [2.24, 2.45) is 0 Å². The molecule has 0 aliphatic heterocycles. The van der Waals surface area contributed by atoms with Gasteiger partial charge in [0.1, 0.15) is 0 Å². The number of allylic oxidation sites excluding steroid dienone is 2. The highest BCUT2D eigenvalue weighted by Crippen LogP contribution is 2.08. The molecule has 0 aliphatic rings. The molecule has 0 N–H and O–H groups in total. The summed E-state index contributed by atoms with van der Waals surface area (Å²) in [4.78, 5) is 0. The van der Waals surface area contributed by atoms with Crippen molar-refractivity contribution in [2.75, 3.05) is 0 Å². The average molecular weight is 156 g/mol. The quantitative estimate of drug-likeness (QED) is 0.347. The Balaban J connectivity index is 3.81. The third-order valence-corrected chi connectivity index (χ3v) is 1.66. The third kappa shape index (κ3) is 5.63. The fraction of sp³-hybridized carbons (Fsp3) is 0.500. The highest BCUT2D eigenvalue weighted by molar-refractivity contribution is 6.70. The van der Waals surface area contributed by atoms with E-state index in [9.17, 15) is 0 Å². The molecule has 0 aromatic rings. The third-order valence-electron chi connectivity index (χ3n) is 0.790. The van der Waals surface area contributed by atoms with Gasteiger partial charge in [0.05, 0.1) is 5.76 Å². The standard InChI is InChI=1S/C8H16OSi/c1-6-7-8(2)9-10(3,4)5/h6-7H,2H2,1,3-5H3. The maximum atomic E-state index is 5.54. The summed E-state index contributed by atoms with van der Waals surface area (Å²) >= 11 is 0. The van der Waals surface area contributed by atoms with Crippen molar-refractivity contribution >= 4 is 8.32 Å². The Morgan fingerprint density at radius 2 is 1.90 bits per heavy atom. The molecule has 0 aliphatic carbocycles. The van der Waals surface area contributed by atoms with Gasteiger partial charge in [-0.25, -0.2) is 0 Å². The van der Waals surface area contributed by atoms with E-state index in [1.165, 1.54) is 0 Å². The van der Waals surface area contributed by atoms with E-state index >= 15 is 0 Å². The van der Waals surface area contributed by atoms with Gasteiger partial charge in [0.15, 0.2) is 0 Å². The molecule has 0 fully saturated rings. The van der Waals surface area contributed by atoms with E-state index in [-0.39, 0.29) is 0 Å². The summed E-state index contributed by atoms with van der Waals surface area (Å²) in [5.74, 6) is 0.779. The SMILES string of the molecule is C=C(C=CC)O[Si](C)(C)C. The van der Waals surface area contributed by atoms with Crippen molar-refractivity contribution in [1.82, 2.24) is 0 Å². The molecule has 0 saturated heterocycles. The minimum atomic E-state index is -1.41. The summed E-state index contributed by atoms with van der Waals surface area (Å²) in [6.07, 6.45) is 3.82. The Kier molecular flexibility index (Phi) is 3.43. The second kappa shape index (κ2) is 3.61. The molecule has 10 heavy (non-hydrogen) atoms. The van der Waals surface area contributed by atoms with Gasteiger partial charge in [-0.05, 0) is 32.6 Å². The van der Waals surface area contributed by atoms with Crippen molar-refractivity contribution in [3.8, 4) is 0 Å². The van der Waals surface area contributed by atoms with E-state index in [4.69, 9.17) is 4.43 Å². The number of hydrogen-bond donors (Lipinski definition) is 0. The first-order chi connectivity index (χ1) is 4.45. The molecule has 0 aromatic heterocycles. The largest absolute Gasteiger partial charge is 0.545 e. The molecule has 0 amide bonds. The molecule has 0 spiro atoms. The smallest absolute Gasteiger partial charge is 0.242 e. The van der Waals surface area contributed by atoms with Crippen LogP contribution < -0.4 is 0 Å². The lowest BCUT2D eigenvalue weighted by molar-refractivity contribution is 0.444. The predicted octanol–water partition coefficient (Wildman–Crippen LogP) is 2.93. The lowest BCUT2D eigenvalue weighted by Crippen LogP contribution is -2.23. The molecule has 0 aromatic carbocycles. The lowest BCUT2D eigenvalue weighted by atomic mass is 10.5. The zero-order valence-electron chi connectivity index (χ0n) is 7.27. The van der Waals surface area contributed by atoms with Crippen molar-refractivity contribution < 1.29 is 4.43 Å². The summed E-state index contributed by atoms with van der Waals surface area (Å²) in [6.45, 7) is 12.1. The topological polar surface area (TPSA) is 9.23 Å². The lowest BCUT2D eigenvalue weighted by Gasteiger charge is -2.18. The molecule has 1 nitrogen and oxygen atoms in total. The van der Waals surface area contributed by atoms with E-state index in [2.05, 4.69) is 26.2 Å². The zero-order valence-corrected chi connectivity index (χ0v) is 8.27.